The molecular formula is C31H28N2O. The van der Waals surface area contributed by atoms with E-state index in [-0.39, 0.29) is 0 Å². The first-order chi connectivity index (χ1) is 16.6. The highest BCUT2D eigenvalue weighted by molar-refractivity contribution is 5.51. The third kappa shape index (κ3) is 3.64. The molecule has 0 aliphatic heterocycles. The number of aliphatic hydroxyl groups is 1. The van der Waals surface area contributed by atoms with Gasteiger partial charge in [-0.15, -0.1) is 0 Å². The maximum absolute atomic E-state index is 11.3. The van der Waals surface area contributed by atoms with Crippen molar-refractivity contribution >= 4 is 0 Å². The van der Waals surface area contributed by atoms with E-state index in [9.17, 15) is 5.11 Å². The lowest BCUT2D eigenvalue weighted by molar-refractivity contribution is 0.215. The number of hydrogen-bond donors (Lipinski definition) is 1. The average molecular weight is 445 g/mol. The highest BCUT2D eigenvalue weighted by Crippen LogP contribution is 2.41. The van der Waals surface area contributed by atoms with Crippen LogP contribution < -0.4 is 0 Å². The van der Waals surface area contributed by atoms with Crippen LogP contribution in [0.15, 0.2) is 122 Å². The van der Waals surface area contributed by atoms with Crippen molar-refractivity contribution in [2.75, 3.05) is 0 Å². The van der Waals surface area contributed by atoms with E-state index in [1.165, 1.54) is 0 Å². The van der Waals surface area contributed by atoms with Crippen molar-refractivity contribution in [2.45, 2.75) is 25.5 Å². The molecule has 0 radical (unpaired) electrons. The highest BCUT2D eigenvalue weighted by atomic mass is 16.3. The number of aryl methyl sites for hydroxylation is 1. The summed E-state index contributed by atoms with van der Waals surface area (Å²) in [7, 11) is 0. The molecule has 0 unspecified atom stereocenters. The van der Waals surface area contributed by atoms with Crippen LogP contribution in [0.25, 0.3) is 0 Å². The Morgan fingerprint density at radius 3 is 1.68 bits per heavy atom. The summed E-state index contributed by atoms with van der Waals surface area (Å²) in [5.74, 6) is 0. The minimum absolute atomic E-state index is 0.626. The lowest BCUT2D eigenvalue weighted by Crippen LogP contribution is -2.37. The van der Waals surface area contributed by atoms with Gasteiger partial charge in [0.15, 0.2) is 0 Å². The molecule has 1 N–H and O–H groups in total. The smallest absolute Gasteiger partial charge is 0.123 e. The van der Waals surface area contributed by atoms with E-state index in [1.54, 1.807) is 0 Å². The molecule has 0 aliphatic rings. The molecule has 0 spiro atoms. The number of aromatic nitrogens is 2. The molecule has 0 amide bonds. The zero-order valence-electron chi connectivity index (χ0n) is 19.5. The first-order valence-corrected chi connectivity index (χ1v) is 11.6. The maximum atomic E-state index is 11.3. The molecule has 0 bridgehead atoms. The number of rotatable bonds is 6. The van der Waals surface area contributed by atoms with Gasteiger partial charge in [0.25, 0.3) is 0 Å². The number of aliphatic hydroxyl groups excluding tert-OH is 1. The van der Waals surface area contributed by atoms with Crippen LogP contribution in [0.3, 0.4) is 0 Å². The van der Waals surface area contributed by atoms with Crippen molar-refractivity contribution in [3.63, 3.8) is 0 Å². The summed E-state index contributed by atoms with van der Waals surface area (Å²) in [6.45, 7) is 4.11. The molecule has 5 rings (SSSR count). The summed E-state index contributed by atoms with van der Waals surface area (Å²) in [6.07, 6.45) is 3.03. The van der Waals surface area contributed by atoms with Gasteiger partial charge in [-0.1, -0.05) is 109 Å². The van der Waals surface area contributed by atoms with Gasteiger partial charge in [-0.3, -0.25) is 0 Å². The Morgan fingerprint density at radius 2 is 1.18 bits per heavy atom. The largest absolute Gasteiger partial charge is 0.382 e. The Labute approximate surface area is 201 Å². The number of imidazole rings is 1. The number of nitrogens with zero attached hydrogens (tertiary/aromatic N) is 2. The van der Waals surface area contributed by atoms with E-state index in [1.807, 2.05) is 49.8 Å². The van der Waals surface area contributed by atoms with Crippen molar-refractivity contribution in [1.29, 1.82) is 0 Å². The van der Waals surface area contributed by atoms with Gasteiger partial charge in [-0.25, -0.2) is 4.98 Å². The molecule has 3 heteroatoms. The third-order valence-corrected chi connectivity index (χ3v) is 6.79. The molecule has 168 valence electrons. The highest BCUT2D eigenvalue weighted by Gasteiger charge is 2.38. The van der Waals surface area contributed by atoms with Crippen molar-refractivity contribution < 1.29 is 5.11 Å². The van der Waals surface area contributed by atoms with Crippen LogP contribution in [-0.2, 0) is 5.54 Å². The zero-order valence-corrected chi connectivity index (χ0v) is 19.5. The zero-order chi connectivity index (χ0) is 23.5. The first-order valence-electron chi connectivity index (χ1n) is 11.6. The SMILES string of the molecule is Cc1cccc([C@@H](O)c2cn(C(c3ccccc3)(c3ccccc3)c3ccccc3)cn2)c1C. The molecule has 1 heterocycles. The molecule has 0 fully saturated rings. The molecule has 3 nitrogen and oxygen atoms in total. The average Bonchev–Trinajstić information content (AvgIpc) is 3.38. The fraction of sp³-hybridized carbons (Fsp3) is 0.129. The quantitative estimate of drug-likeness (QED) is 0.307. The lowest BCUT2D eigenvalue weighted by Gasteiger charge is -2.37. The van der Waals surface area contributed by atoms with Crippen LogP contribution in [-0.4, -0.2) is 14.7 Å². The normalized spacial score (nSPS) is 12.4. The van der Waals surface area contributed by atoms with Crippen LogP contribution in [0.5, 0.6) is 0 Å². The summed E-state index contributed by atoms with van der Waals surface area (Å²) < 4.78 is 2.14. The Balaban J connectivity index is 1.75. The van der Waals surface area contributed by atoms with E-state index in [0.29, 0.717) is 5.69 Å². The summed E-state index contributed by atoms with van der Waals surface area (Å²) in [5, 5.41) is 11.3. The maximum Gasteiger partial charge on any atom is 0.123 e. The predicted octanol–water partition coefficient (Wildman–Crippen LogP) is 6.42. The van der Waals surface area contributed by atoms with Crippen molar-refractivity contribution in [2.24, 2.45) is 0 Å². The Hall–Kier alpha value is -3.95. The van der Waals surface area contributed by atoms with E-state index in [0.717, 1.165) is 33.4 Å². The van der Waals surface area contributed by atoms with Crippen molar-refractivity contribution in [3.8, 4) is 0 Å². The molecule has 5 aromatic rings. The van der Waals surface area contributed by atoms with E-state index < -0.39 is 11.6 Å². The standard InChI is InChI=1S/C31H28N2O/c1-23-13-12-20-28(24(23)2)30(34)29-21-33(22-32-29)31(25-14-6-3-7-15-25,26-16-8-4-9-17-26)27-18-10-5-11-19-27/h3-22,30,34H,1-2H3/t30-/m1/s1. The first kappa shape index (κ1) is 21.9. The molecule has 1 aromatic heterocycles. The molecule has 0 saturated heterocycles. The molecular weight excluding hydrogens is 416 g/mol. The van der Waals surface area contributed by atoms with Gasteiger partial charge in [0.2, 0.25) is 0 Å². The van der Waals surface area contributed by atoms with Crippen LogP contribution in [0.1, 0.15) is 45.2 Å². The summed E-state index contributed by atoms with van der Waals surface area (Å²) in [5.41, 5.74) is 6.48. The fourth-order valence-corrected chi connectivity index (χ4v) is 4.88. The molecule has 0 aliphatic carbocycles. The Bertz CT molecular complexity index is 1280. The number of hydrogen-bond acceptors (Lipinski definition) is 2. The minimum atomic E-state index is -0.804. The van der Waals surface area contributed by atoms with Gasteiger partial charge in [0, 0.05) is 6.20 Å². The van der Waals surface area contributed by atoms with Gasteiger partial charge >= 0.3 is 0 Å². The van der Waals surface area contributed by atoms with Gasteiger partial charge in [-0.05, 0) is 47.2 Å². The van der Waals surface area contributed by atoms with Crippen LogP contribution >= 0.6 is 0 Å². The van der Waals surface area contributed by atoms with Gasteiger partial charge in [-0.2, -0.15) is 0 Å². The summed E-state index contributed by atoms with van der Waals surface area (Å²) in [4.78, 5) is 4.72. The number of benzene rings is 4. The molecule has 34 heavy (non-hydrogen) atoms. The van der Waals surface area contributed by atoms with Crippen molar-refractivity contribution in [1.82, 2.24) is 9.55 Å². The van der Waals surface area contributed by atoms with Crippen LogP contribution in [0.4, 0.5) is 0 Å². The van der Waals surface area contributed by atoms with E-state index >= 15 is 0 Å². The molecule has 0 saturated carbocycles. The molecule has 1 atom stereocenters. The predicted molar refractivity (Wildman–Crippen MR) is 137 cm³/mol. The van der Waals surface area contributed by atoms with E-state index in [2.05, 4.69) is 90.4 Å². The topological polar surface area (TPSA) is 38.0 Å². The second-order valence-electron chi connectivity index (χ2n) is 8.71. The monoisotopic (exact) mass is 444 g/mol. The Morgan fingerprint density at radius 1 is 0.676 bits per heavy atom. The summed E-state index contributed by atoms with van der Waals surface area (Å²) in [6, 6.07) is 37.5. The van der Waals surface area contributed by atoms with Crippen molar-refractivity contribution in [3.05, 3.63) is 161 Å². The minimum Gasteiger partial charge on any atom is -0.382 e. The fourth-order valence-electron chi connectivity index (χ4n) is 4.88. The lowest BCUT2D eigenvalue weighted by atomic mass is 9.77. The van der Waals surface area contributed by atoms with Crippen LogP contribution in [0.2, 0.25) is 0 Å². The van der Waals surface area contributed by atoms with Crippen LogP contribution in [0, 0.1) is 13.8 Å². The van der Waals surface area contributed by atoms with Gasteiger partial charge in [0.1, 0.15) is 11.6 Å². The summed E-state index contributed by atoms with van der Waals surface area (Å²) >= 11 is 0. The molecule has 4 aromatic carbocycles. The second kappa shape index (κ2) is 9.12. The van der Waals surface area contributed by atoms with E-state index in [4.69, 9.17) is 4.98 Å². The second-order valence-corrected chi connectivity index (χ2v) is 8.71. The Kier molecular flexibility index (Phi) is 5.87. The van der Waals surface area contributed by atoms with Gasteiger partial charge < -0.3 is 9.67 Å². The van der Waals surface area contributed by atoms with Gasteiger partial charge in [0.05, 0.1) is 12.0 Å². The third-order valence-electron chi connectivity index (χ3n) is 6.79.